The first-order chi connectivity index (χ1) is 15.1. The topological polar surface area (TPSA) is 0 Å². The van der Waals surface area contributed by atoms with Crippen molar-refractivity contribution in [3.05, 3.63) is 137 Å². The molecule has 0 amide bonds. The van der Waals surface area contributed by atoms with Crippen molar-refractivity contribution in [2.24, 2.45) is 0 Å². The molecule has 1 aromatic carbocycles. The lowest BCUT2D eigenvalue weighted by Crippen LogP contribution is -2.27. The molecule has 2 aliphatic carbocycles. The van der Waals surface area contributed by atoms with E-state index in [-0.39, 0.29) is 5.41 Å². The minimum atomic E-state index is -0.315. The Morgan fingerprint density at radius 1 is 1.13 bits per heavy atom. The van der Waals surface area contributed by atoms with E-state index in [1.165, 1.54) is 39.0 Å². The Balaban J connectivity index is 2.30. The molecule has 0 heteroatoms. The maximum absolute atomic E-state index is 5.47. The first-order valence-corrected chi connectivity index (χ1v) is 10.8. The van der Waals surface area contributed by atoms with Gasteiger partial charge in [0.05, 0.1) is 5.41 Å². The molecule has 1 aromatic rings. The van der Waals surface area contributed by atoms with Gasteiger partial charge in [0.15, 0.2) is 0 Å². The van der Waals surface area contributed by atoms with Crippen molar-refractivity contribution >= 4 is 5.57 Å². The van der Waals surface area contributed by atoms with E-state index in [2.05, 4.69) is 99.2 Å². The van der Waals surface area contributed by atoms with Gasteiger partial charge in [-0.15, -0.1) is 6.42 Å². The van der Waals surface area contributed by atoms with Crippen LogP contribution in [0.3, 0.4) is 0 Å². The lowest BCUT2D eigenvalue weighted by atomic mass is 9.68. The van der Waals surface area contributed by atoms with Gasteiger partial charge < -0.3 is 0 Å². The molecule has 0 radical (unpaired) electrons. The van der Waals surface area contributed by atoms with Crippen molar-refractivity contribution < 1.29 is 0 Å². The standard InChI is InChI=1S/C31H30/c1-6-10-12-16-26-22-23-27(21-20-25(9-4)15-8-3)31(26)29(18-11-7-2)24(5)28-17-13-14-19-30(28)31/h1,7-21,23H,2,22H2,3-5H3/b12-10-,15-8-,18-11-,21-20-,25-9-,26-16+. The minimum Gasteiger partial charge on any atom is -0.115 e. The summed E-state index contributed by atoms with van der Waals surface area (Å²) in [6.45, 7) is 10.2. The number of rotatable bonds is 6. The third kappa shape index (κ3) is 3.92. The predicted octanol–water partition coefficient (Wildman–Crippen LogP) is 7.98. The largest absolute Gasteiger partial charge is 0.115 e. The van der Waals surface area contributed by atoms with Gasteiger partial charge >= 0.3 is 0 Å². The van der Waals surface area contributed by atoms with Gasteiger partial charge in [-0.1, -0.05) is 104 Å². The molecule has 0 N–H and O–H groups in total. The highest BCUT2D eigenvalue weighted by atomic mass is 14.5. The summed E-state index contributed by atoms with van der Waals surface area (Å²) in [4.78, 5) is 0. The van der Waals surface area contributed by atoms with Gasteiger partial charge in [-0.3, -0.25) is 0 Å². The summed E-state index contributed by atoms with van der Waals surface area (Å²) in [7, 11) is 0. The van der Waals surface area contributed by atoms with Crippen LogP contribution in [0.5, 0.6) is 0 Å². The highest BCUT2D eigenvalue weighted by molar-refractivity contribution is 5.88. The molecule has 0 heterocycles. The maximum atomic E-state index is 5.47. The number of hydrogen-bond donors (Lipinski definition) is 0. The molecule has 0 saturated carbocycles. The van der Waals surface area contributed by atoms with Gasteiger partial charge in [0.25, 0.3) is 0 Å². The van der Waals surface area contributed by atoms with Crippen molar-refractivity contribution in [2.45, 2.75) is 32.6 Å². The quantitative estimate of drug-likeness (QED) is 0.334. The van der Waals surface area contributed by atoms with E-state index >= 15 is 0 Å². The highest BCUT2D eigenvalue weighted by Gasteiger charge is 2.49. The summed E-state index contributed by atoms with van der Waals surface area (Å²) in [5.41, 5.74) is 8.75. The van der Waals surface area contributed by atoms with Crippen LogP contribution in [-0.2, 0) is 5.41 Å². The zero-order chi connectivity index (χ0) is 22.3. The lowest BCUT2D eigenvalue weighted by Gasteiger charge is -2.33. The smallest absolute Gasteiger partial charge is 0.0673 e. The average molecular weight is 403 g/mol. The Kier molecular flexibility index (Phi) is 7.11. The summed E-state index contributed by atoms with van der Waals surface area (Å²) in [6, 6.07) is 8.75. The third-order valence-electron chi connectivity index (χ3n) is 6.04. The molecule has 2 aliphatic rings. The lowest BCUT2D eigenvalue weighted by molar-refractivity contribution is 0.757. The Labute approximate surface area is 187 Å². The molecule has 0 fully saturated rings. The second-order valence-electron chi connectivity index (χ2n) is 7.63. The molecule has 3 rings (SSSR count). The van der Waals surface area contributed by atoms with E-state index in [0.29, 0.717) is 0 Å². The van der Waals surface area contributed by atoms with Gasteiger partial charge in [-0.2, -0.15) is 0 Å². The summed E-state index contributed by atoms with van der Waals surface area (Å²) in [5, 5.41) is 0. The molecule has 31 heavy (non-hydrogen) atoms. The normalized spacial score (nSPS) is 22.6. The average Bonchev–Trinajstić information content (AvgIpc) is 3.27. The minimum absolute atomic E-state index is 0.315. The van der Waals surface area contributed by atoms with Gasteiger partial charge in [0.1, 0.15) is 0 Å². The van der Waals surface area contributed by atoms with Crippen LogP contribution < -0.4 is 0 Å². The molecular weight excluding hydrogens is 372 g/mol. The fourth-order valence-electron chi connectivity index (χ4n) is 4.72. The predicted molar refractivity (Wildman–Crippen MR) is 137 cm³/mol. The van der Waals surface area contributed by atoms with Crippen LogP contribution in [-0.4, -0.2) is 0 Å². The monoisotopic (exact) mass is 402 g/mol. The van der Waals surface area contributed by atoms with Crippen molar-refractivity contribution in [1.82, 2.24) is 0 Å². The van der Waals surface area contributed by atoms with E-state index in [1.54, 1.807) is 6.08 Å². The number of terminal acetylenes is 1. The summed E-state index contributed by atoms with van der Waals surface area (Å²) >= 11 is 0. The van der Waals surface area contributed by atoms with Crippen LogP contribution in [0.4, 0.5) is 0 Å². The first-order valence-electron chi connectivity index (χ1n) is 10.8. The number of benzene rings is 1. The van der Waals surface area contributed by atoms with E-state index in [1.807, 2.05) is 25.2 Å². The van der Waals surface area contributed by atoms with Crippen LogP contribution >= 0.6 is 0 Å². The third-order valence-corrected chi connectivity index (χ3v) is 6.04. The molecule has 0 aliphatic heterocycles. The second kappa shape index (κ2) is 9.96. The van der Waals surface area contributed by atoms with Crippen molar-refractivity contribution in [3.8, 4) is 12.3 Å². The fraction of sp³-hybridized carbons (Fsp3) is 0.161. The molecule has 0 nitrogen and oxygen atoms in total. The van der Waals surface area contributed by atoms with E-state index < -0.39 is 0 Å². The van der Waals surface area contributed by atoms with Crippen LogP contribution in [0, 0.1) is 12.3 Å². The molecule has 1 unspecified atom stereocenters. The van der Waals surface area contributed by atoms with Crippen molar-refractivity contribution in [2.75, 3.05) is 0 Å². The molecule has 154 valence electrons. The zero-order valence-corrected chi connectivity index (χ0v) is 18.7. The van der Waals surface area contributed by atoms with Gasteiger partial charge in [0, 0.05) is 0 Å². The first kappa shape index (κ1) is 22.1. The Morgan fingerprint density at radius 2 is 1.94 bits per heavy atom. The Bertz CT molecular complexity index is 1140. The fourth-order valence-corrected chi connectivity index (χ4v) is 4.72. The van der Waals surface area contributed by atoms with E-state index in [4.69, 9.17) is 6.42 Å². The van der Waals surface area contributed by atoms with Crippen LogP contribution in [0.1, 0.15) is 38.3 Å². The zero-order valence-electron chi connectivity index (χ0n) is 18.7. The number of fused-ring (bicyclic) bond motifs is 2. The van der Waals surface area contributed by atoms with Gasteiger partial charge in [-0.05, 0) is 72.3 Å². The number of allylic oxidation sites excluding steroid dienone is 17. The SMILES string of the molecule is C#C/C=C\C=C1/CC=C(\C=C/C(/C=C\C)=C\C)C12C(/C=C\C=C)=C(C)c1ccccc12. The maximum Gasteiger partial charge on any atom is 0.0673 e. The van der Waals surface area contributed by atoms with Gasteiger partial charge in [0.2, 0.25) is 0 Å². The van der Waals surface area contributed by atoms with Gasteiger partial charge in [-0.25, -0.2) is 0 Å². The summed E-state index contributed by atoms with van der Waals surface area (Å²) in [6.07, 6.45) is 31.6. The molecule has 0 saturated heterocycles. The van der Waals surface area contributed by atoms with E-state index in [9.17, 15) is 0 Å². The van der Waals surface area contributed by atoms with Crippen molar-refractivity contribution in [3.63, 3.8) is 0 Å². The summed E-state index contributed by atoms with van der Waals surface area (Å²) in [5.74, 6) is 2.61. The highest BCUT2D eigenvalue weighted by Crippen LogP contribution is 2.59. The molecular formula is C31H30. The molecule has 0 aromatic heterocycles. The van der Waals surface area contributed by atoms with Crippen molar-refractivity contribution in [1.29, 1.82) is 0 Å². The summed E-state index contributed by atoms with van der Waals surface area (Å²) < 4.78 is 0. The van der Waals surface area contributed by atoms with E-state index in [0.717, 1.165) is 6.42 Å². The molecule has 1 atom stereocenters. The van der Waals surface area contributed by atoms with Crippen LogP contribution in [0.2, 0.25) is 0 Å². The molecule has 1 spiro atoms. The van der Waals surface area contributed by atoms with Crippen LogP contribution in [0.25, 0.3) is 5.57 Å². The Morgan fingerprint density at radius 3 is 2.65 bits per heavy atom. The van der Waals surface area contributed by atoms with Crippen LogP contribution in [0.15, 0.2) is 126 Å². The molecule has 0 bridgehead atoms. The second-order valence-corrected chi connectivity index (χ2v) is 7.63. The Hall–Kier alpha value is -3.56. The number of hydrogen-bond acceptors (Lipinski definition) is 0.